The van der Waals surface area contributed by atoms with Gasteiger partial charge in [0.25, 0.3) is 0 Å². The van der Waals surface area contributed by atoms with Crippen molar-refractivity contribution >= 4 is 28.5 Å². The Hall–Kier alpha value is -4.33. The lowest BCUT2D eigenvalue weighted by atomic mass is 10.1. The smallest absolute Gasteiger partial charge is 0.316 e. The van der Waals surface area contributed by atoms with Gasteiger partial charge in [0, 0.05) is 18.7 Å². The third-order valence-electron chi connectivity index (χ3n) is 5.80. The molecule has 0 saturated carbocycles. The number of hydrogen-bond donors (Lipinski definition) is 0. The summed E-state index contributed by atoms with van der Waals surface area (Å²) in [4.78, 5) is 40.5. The second-order valence-corrected chi connectivity index (χ2v) is 8.09. The number of carbonyl (C=O) groups excluding carboxylic acids is 2. The first-order valence-electron chi connectivity index (χ1n) is 10.7. The Balaban J connectivity index is 1.46. The van der Waals surface area contributed by atoms with E-state index < -0.39 is 17.3 Å². The monoisotopic (exact) mass is 459 g/mol. The van der Waals surface area contributed by atoms with Crippen LogP contribution in [-0.4, -0.2) is 25.5 Å². The number of furan rings is 1. The summed E-state index contributed by atoms with van der Waals surface area (Å²) in [5.41, 5.74) is 1.43. The van der Waals surface area contributed by atoms with Crippen LogP contribution < -0.4 is 19.8 Å². The lowest BCUT2D eigenvalue weighted by Gasteiger charge is -2.17. The van der Waals surface area contributed by atoms with Crippen molar-refractivity contribution < 1.29 is 27.9 Å². The van der Waals surface area contributed by atoms with E-state index >= 15 is 0 Å². The van der Waals surface area contributed by atoms with Crippen molar-refractivity contribution in [3.8, 4) is 23.0 Å². The van der Waals surface area contributed by atoms with Crippen LogP contribution in [0.4, 0.5) is 5.69 Å². The van der Waals surface area contributed by atoms with Crippen LogP contribution in [0.3, 0.4) is 0 Å². The summed E-state index contributed by atoms with van der Waals surface area (Å²) in [6, 6.07) is 15.4. The summed E-state index contributed by atoms with van der Waals surface area (Å²) in [7, 11) is 1.56. The normalized spacial score (nSPS) is 15.6. The highest BCUT2D eigenvalue weighted by atomic mass is 16.5. The van der Waals surface area contributed by atoms with E-state index in [1.165, 1.54) is 11.2 Å². The zero-order chi connectivity index (χ0) is 23.8. The molecule has 0 bridgehead atoms. The third kappa shape index (κ3) is 3.83. The maximum Gasteiger partial charge on any atom is 0.316 e. The molecule has 2 aromatic carbocycles. The van der Waals surface area contributed by atoms with E-state index in [1.807, 2.05) is 6.92 Å². The zero-order valence-corrected chi connectivity index (χ0v) is 18.6. The predicted octanol–water partition coefficient (Wildman–Crippen LogP) is 4.33. The van der Waals surface area contributed by atoms with Crippen LogP contribution >= 0.6 is 0 Å². The average Bonchev–Trinajstić information content (AvgIpc) is 3.51. The van der Waals surface area contributed by atoms with Gasteiger partial charge in [-0.2, -0.15) is 0 Å². The lowest BCUT2D eigenvalue weighted by molar-refractivity contribution is -0.139. The molecule has 1 saturated heterocycles. The van der Waals surface area contributed by atoms with Gasteiger partial charge in [0.05, 0.1) is 24.7 Å². The molecule has 8 nitrogen and oxygen atoms in total. The fraction of sp³-hybridized carbons (Fsp3) is 0.192. The first-order valence-corrected chi connectivity index (χ1v) is 10.7. The number of hydrogen-bond acceptors (Lipinski definition) is 7. The number of rotatable bonds is 5. The molecule has 4 aromatic rings. The van der Waals surface area contributed by atoms with E-state index in [0.717, 1.165) is 5.56 Å². The van der Waals surface area contributed by atoms with Crippen LogP contribution in [-0.2, 0) is 9.59 Å². The Morgan fingerprint density at radius 1 is 1.09 bits per heavy atom. The van der Waals surface area contributed by atoms with Crippen LogP contribution in [0, 0.1) is 12.8 Å². The van der Waals surface area contributed by atoms with Gasteiger partial charge in [-0.25, -0.2) is 0 Å². The molecule has 1 atom stereocenters. The number of anilines is 1. The SMILES string of the molecule is COc1ccc(N2CC(C(=O)Oc3c(-c4ccco4)oc4cc(C)ccc4c3=O)CC2=O)cc1. The zero-order valence-electron chi connectivity index (χ0n) is 18.6. The lowest BCUT2D eigenvalue weighted by Crippen LogP contribution is -2.28. The Morgan fingerprint density at radius 3 is 2.59 bits per heavy atom. The van der Waals surface area contributed by atoms with E-state index in [4.69, 9.17) is 18.3 Å². The maximum absolute atomic E-state index is 13.2. The summed E-state index contributed by atoms with van der Waals surface area (Å²) in [6.45, 7) is 2.02. The molecule has 0 N–H and O–H groups in total. The van der Waals surface area contributed by atoms with Crippen molar-refractivity contribution in [2.45, 2.75) is 13.3 Å². The molecule has 0 radical (unpaired) electrons. The highest BCUT2D eigenvalue weighted by Crippen LogP contribution is 2.33. The Bertz CT molecular complexity index is 1430. The molecule has 8 heteroatoms. The minimum absolute atomic E-state index is 0.0257. The molecule has 3 heterocycles. The number of fused-ring (bicyclic) bond motifs is 1. The third-order valence-corrected chi connectivity index (χ3v) is 5.80. The number of amides is 1. The fourth-order valence-electron chi connectivity index (χ4n) is 4.01. The Labute approximate surface area is 194 Å². The molecule has 1 aliphatic rings. The average molecular weight is 459 g/mol. The van der Waals surface area contributed by atoms with Crippen LogP contribution in [0.25, 0.3) is 22.5 Å². The number of benzene rings is 2. The summed E-state index contributed by atoms with van der Waals surface area (Å²) >= 11 is 0. The van der Waals surface area contributed by atoms with E-state index in [1.54, 1.807) is 61.7 Å². The summed E-state index contributed by atoms with van der Waals surface area (Å²) in [5.74, 6) is -0.951. The molecule has 5 rings (SSSR count). The van der Waals surface area contributed by atoms with Crippen molar-refractivity contribution in [2.75, 3.05) is 18.6 Å². The molecule has 1 amide bonds. The van der Waals surface area contributed by atoms with Gasteiger partial charge in [0.2, 0.25) is 22.8 Å². The number of nitrogens with zero attached hydrogens (tertiary/aromatic N) is 1. The van der Waals surface area contributed by atoms with Crippen molar-refractivity contribution in [1.82, 2.24) is 0 Å². The van der Waals surface area contributed by atoms with Crippen molar-refractivity contribution in [1.29, 1.82) is 0 Å². The molecule has 2 aromatic heterocycles. The van der Waals surface area contributed by atoms with Crippen LogP contribution in [0.15, 0.2) is 74.5 Å². The minimum atomic E-state index is -0.743. The fourth-order valence-corrected chi connectivity index (χ4v) is 4.01. The van der Waals surface area contributed by atoms with Gasteiger partial charge in [-0.1, -0.05) is 6.07 Å². The number of methoxy groups -OCH3 is 1. The van der Waals surface area contributed by atoms with Gasteiger partial charge in [-0.05, 0) is 61.0 Å². The standard InChI is InChI=1S/C26H21NO7/c1-15-5-10-19-21(12-15)33-24(20-4-3-11-32-20)25(23(19)29)34-26(30)16-13-22(28)27(14-16)17-6-8-18(31-2)9-7-17/h3-12,16H,13-14H2,1-2H3. The second kappa shape index (κ2) is 8.55. The Kier molecular flexibility index (Phi) is 5.41. The van der Waals surface area contributed by atoms with E-state index in [2.05, 4.69) is 0 Å². The summed E-state index contributed by atoms with van der Waals surface area (Å²) < 4.78 is 22.1. The topological polar surface area (TPSA) is 99.2 Å². The second-order valence-electron chi connectivity index (χ2n) is 8.09. The number of ether oxygens (including phenoxy) is 2. The van der Waals surface area contributed by atoms with Crippen molar-refractivity contribution in [3.05, 3.63) is 76.6 Å². The van der Waals surface area contributed by atoms with Crippen LogP contribution in [0.5, 0.6) is 11.5 Å². The van der Waals surface area contributed by atoms with Gasteiger partial charge in [0.15, 0.2) is 5.76 Å². The molecule has 1 fully saturated rings. The molecule has 1 unspecified atom stereocenters. The van der Waals surface area contributed by atoms with Gasteiger partial charge >= 0.3 is 5.97 Å². The minimum Gasteiger partial charge on any atom is -0.497 e. The number of aryl methyl sites for hydroxylation is 1. The first kappa shape index (κ1) is 21.5. The van der Waals surface area contributed by atoms with Crippen molar-refractivity contribution in [3.63, 3.8) is 0 Å². The van der Waals surface area contributed by atoms with Gasteiger partial charge in [-0.15, -0.1) is 0 Å². The summed E-state index contributed by atoms with van der Waals surface area (Å²) in [6.07, 6.45) is 1.41. The highest BCUT2D eigenvalue weighted by molar-refractivity contribution is 6.00. The molecule has 1 aliphatic heterocycles. The van der Waals surface area contributed by atoms with Crippen LogP contribution in [0.1, 0.15) is 12.0 Å². The van der Waals surface area contributed by atoms with Crippen molar-refractivity contribution in [2.24, 2.45) is 5.92 Å². The maximum atomic E-state index is 13.2. The molecule has 34 heavy (non-hydrogen) atoms. The Morgan fingerprint density at radius 2 is 1.88 bits per heavy atom. The number of carbonyl (C=O) groups is 2. The quantitative estimate of drug-likeness (QED) is 0.410. The highest BCUT2D eigenvalue weighted by Gasteiger charge is 2.37. The van der Waals surface area contributed by atoms with E-state index in [0.29, 0.717) is 17.0 Å². The van der Waals surface area contributed by atoms with E-state index in [-0.39, 0.29) is 41.5 Å². The van der Waals surface area contributed by atoms with Gasteiger partial charge < -0.3 is 23.2 Å². The van der Waals surface area contributed by atoms with Gasteiger partial charge in [0.1, 0.15) is 11.3 Å². The molecule has 0 spiro atoms. The summed E-state index contributed by atoms with van der Waals surface area (Å²) in [5, 5.41) is 0.283. The predicted molar refractivity (Wildman–Crippen MR) is 124 cm³/mol. The first-order chi connectivity index (χ1) is 16.4. The van der Waals surface area contributed by atoms with Gasteiger partial charge in [-0.3, -0.25) is 14.4 Å². The molecular weight excluding hydrogens is 438 g/mol. The molecule has 0 aliphatic carbocycles. The molecular formula is C26H21NO7. The molecule has 172 valence electrons. The van der Waals surface area contributed by atoms with E-state index in [9.17, 15) is 14.4 Å². The van der Waals surface area contributed by atoms with Crippen LogP contribution in [0.2, 0.25) is 0 Å². The number of esters is 1. The largest absolute Gasteiger partial charge is 0.497 e.